The molecule has 48 heavy (non-hydrogen) atoms. The van der Waals surface area contributed by atoms with Gasteiger partial charge < -0.3 is 19.5 Å². The molecule has 2 aliphatic rings. The molecule has 4 heterocycles. The summed E-state index contributed by atoms with van der Waals surface area (Å²) in [4.78, 5) is 10.4. The van der Waals surface area contributed by atoms with Gasteiger partial charge in [-0.15, -0.1) is 0 Å². The lowest BCUT2D eigenvalue weighted by atomic mass is 9.96. The number of aliphatic imine (C=N–C) groups is 2. The lowest BCUT2D eigenvalue weighted by molar-refractivity contribution is 0.596. The van der Waals surface area contributed by atoms with Crippen molar-refractivity contribution in [2.45, 2.75) is 12.2 Å². The van der Waals surface area contributed by atoms with Crippen molar-refractivity contribution in [2.24, 2.45) is 9.98 Å². The number of nitrogens with one attached hydrogen (secondary N) is 1. The van der Waals surface area contributed by atoms with Crippen molar-refractivity contribution in [1.82, 2.24) is 5.32 Å². The molecule has 0 saturated heterocycles. The molecule has 0 bridgehead atoms. The third kappa shape index (κ3) is 4.27. The molecule has 2 aliphatic heterocycles. The molecular formula is C42H27N4O2-. The minimum absolute atomic E-state index is 0.408. The Bertz CT molecular complexity index is 2640. The van der Waals surface area contributed by atoms with Crippen LogP contribution in [0.2, 0.25) is 0 Å². The number of hydrogen-bond donors (Lipinski definition) is 1. The summed E-state index contributed by atoms with van der Waals surface area (Å²) in [7, 11) is 0. The lowest BCUT2D eigenvalue weighted by Gasteiger charge is -2.36. The van der Waals surface area contributed by atoms with Gasteiger partial charge in [0.25, 0.3) is 0 Å². The zero-order valence-corrected chi connectivity index (χ0v) is 25.7. The predicted octanol–water partition coefficient (Wildman–Crippen LogP) is 10.7. The highest BCUT2D eigenvalue weighted by Crippen LogP contribution is 2.43. The molecular weight excluding hydrogens is 592 g/mol. The second-order valence-corrected chi connectivity index (χ2v) is 12.2. The molecule has 0 fully saturated rings. The average molecular weight is 620 g/mol. The fraction of sp³-hybridized carbons (Fsp3) is 0.0476. The van der Waals surface area contributed by atoms with Crippen LogP contribution in [0.15, 0.2) is 158 Å². The number of hydrogen-bond acceptors (Lipinski definition) is 5. The molecule has 2 aromatic heterocycles. The van der Waals surface area contributed by atoms with Crippen molar-refractivity contribution < 1.29 is 8.83 Å². The van der Waals surface area contributed by atoms with Gasteiger partial charge in [-0.25, -0.2) is 9.98 Å². The van der Waals surface area contributed by atoms with Crippen LogP contribution in [-0.2, 0) is 0 Å². The van der Waals surface area contributed by atoms with Gasteiger partial charge in [0.05, 0.1) is 5.84 Å². The lowest BCUT2D eigenvalue weighted by Crippen LogP contribution is -2.39. The molecule has 10 rings (SSSR count). The van der Waals surface area contributed by atoms with E-state index in [2.05, 4.69) is 90.2 Å². The van der Waals surface area contributed by atoms with E-state index in [-0.39, 0.29) is 0 Å². The first-order valence-corrected chi connectivity index (χ1v) is 16.1. The summed E-state index contributed by atoms with van der Waals surface area (Å²) in [5, 5.41) is 14.1. The van der Waals surface area contributed by atoms with Crippen LogP contribution < -0.4 is 5.32 Å². The van der Waals surface area contributed by atoms with Gasteiger partial charge in [0.15, 0.2) is 6.17 Å². The summed E-state index contributed by atoms with van der Waals surface area (Å²) in [6.07, 6.45) is 3.24. The van der Waals surface area contributed by atoms with Crippen molar-refractivity contribution in [3.05, 3.63) is 167 Å². The zero-order chi connectivity index (χ0) is 31.6. The highest BCUT2D eigenvalue weighted by Gasteiger charge is 2.28. The minimum atomic E-state index is -0.511. The molecule has 228 valence electrons. The van der Waals surface area contributed by atoms with Gasteiger partial charge in [0, 0.05) is 27.3 Å². The van der Waals surface area contributed by atoms with Crippen LogP contribution in [0.5, 0.6) is 0 Å². The monoisotopic (exact) mass is 619 g/mol. The number of benzene rings is 6. The minimum Gasteiger partial charge on any atom is -0.678 e. The fourth-order valence-electron chi connectivity index (χ4n) is 7.08. The molecule has 0 spiro atoms. The highest BCUT2D eigenvalue weighted by molar-refractivity contribution is 6.14. The number of fused-ring (bicyclic) bond motifs is 7. The van der Waals surface area contributed by atoms with Crippen LogP contribution in [0.4, 0.5) is 0 Å². The maximum atomic E-state index is 6.51. The van der Waals surface area contributed by atoms with Crippen molar-refractivity contribution >= 4 is 61.4 Å². The molecule has 0 amide bonds. The maximum Gasteiger partial charge on any atom is 0.170 e. The topological polar surface area (TPSA) is 77.1 Å². The molecule has 0 radical (unpaired) electrons. The van der Waals surface area contributed by atoms with Crippen LogP contribution in [0, 0.1) is 0 Å². The van der Waals surface area contributed by atoms with Crippen molar-refractivity contribution in [3.63, 3.8) is 0 Å². The second-order valence-electron chi connectivity index (χ2n) is 12.2. The Balaban J connectivity index is 1.10. The average Bonchev–Trinajstić information content (AvgIpc) is 3.73. The van der Waals surface area contributed by atoms with E-state index in [4.69, 9.17) is 24.1 Å². The quantitative estimate of drug-likeness (QED) is 0.213. The van der Waals surface area contributed by atoms with E-state index in [9.17, 15) is 0 Å². The Morgan fingerprint density at radius 3 is 2.31 bits per heavy atom. The molecule has 6 nitrogen and oxygen atoms in total. The van der Waals surface area contributed by atoms with E-state index in [1.807, 2.05) is 60.8 Å². The number of furan rings is 2. The Kier molecular flexibility index (Phi) is 5.90. The number of para-hydroxylation sites is 1. The van der Waals surface area contributed by atoms with E-state index in [0.29, 0.717) is 5.84 Å². The summed E-state index contributed by atoms with van der Waals surface area (Å²) >= 11 is 0. The SMILES string of the molecule is C1=Cc2oc3cc(-c4ccc5ccccc5c4)ccc3c2C(C2=NC(c3cccc4oc5ccccc5c34)N=C(c3ccccc3)N2)[N-]1. The van der Waals surface area contributed by atoms with Crippen molar-refractivity contribution in [2.75, 3.05) is 0 Å². The van der Waals surface area contributed by atoms with E-state index in [0.717, 1.165) is 72.3 Å². The van der Waals surface area contributed by atoms with Gasteiger partial charge in [-0.05, 0) is 63.8 Å². The number of rotatable bonds is 4. The predicted molar refractivity (Wildman–Crippen MR) is 194 cm³/mol. The molecule has 6 heteroatoms. The molecule has 0 aliphatic carbocycles. The molecule has 0 saturated carbocycles. The molecule has 8 aromatic rings. The van der Waals surface area contributed by atoms with Gasteiger partial charge in [-0.2, -0.15) is 6.20 Å². The van der Waals surface area contributed by atoms with Crippen LogP contribution in [0.1, 0.15) is 34.7 Å². The largest absolute Gasteiger partial charge is 0.678 e. The number of amidine groups is 2. The first-order valence-electron chi connectivity index (χ1n) is 16.1. The first-order chi connectivity index (χ1) is 23.8. The number of nitrogens with zero attached hydrogens (tertiary/aromatic N) is 3. The third-order valence-electron chi connectivity index (χ3n) is 9.35. The van der Waals surface area contributed by atoms with E-state index < -0.39 is 12.2 Å². The summed E-state index contributed by atoms with van der Waals surface area (Å²) in [6, 6.07) is 45.4. The summed E-state index contributed by atoms with van der Waals surface area (Å²) in [5.74, 6) is 2.24. The van der Waals surface area contributed by atoms with Crippen LogP contribution in [0.25, 0.3) is 66.2 Å². The van der Waals surface area contributed by atoms with E-state index >= 15 is 0 Å². The van der Waals surface area contributed by atoms with Crippen molar-refractivity contribution in [1.29, 1.82) is 0 Å². The van der Waals surface area contributed by atoms with Gasteiger partial charge >= 0.3 is 0 Å². The fourth-order valence-corrected chi connectivity index (χ4v) is 7.08. The van der Waals surface area contributed by atoms with Crippen molar-refractivity contribution in [3.8, 4) is 11.1 Å². The van der Waals surface area contributed by atoms with Gasteiger partial charge in [0.2, 0.25) is 0 Å². The second kappa shape index (κ2) is 10.6. The molecule has 2 unspecified atom stereocenters. The highest BCUT2D eigenvalue weighted by atomic mass is 16.3. The van der Waals surface area contributed by atoms with E-state index in [1.165, 1.54) is 10.8 Å². The zero-order valence-electron chi connectivity index (χ0n) is 25.7. The standard InChI is InChI=1S/C42H27N4O2/c1-2-10-26(11-3-1)40-44-41(32-14-8-16-34-37(32)30-13-6-7-15-33(30)47-34)46-42(45-40)39-38-31-20-19-29(24-36(31)48-35(38)21-22-43-39)28-18-17-25-9-4-5-12-27(25)23-28/h1-24,39,41H,(H,44,45,46)/q-1. The smallest absolute Gasteiger partial charge is 0.170 e. The Labute approximate surface area is 275 Å². The maximum absolute atomic E-state index is 6.51. The van der Waals surface area contributed by atoms with Crippen LogP contribution in [0.3, 0.4) is 0 Å². The molecule has 2 atom stereocenters. The Morgan fingerprint density at radius 2 is 1.38 bits per heavy atom. The summed E-state index contributed by atoms with van der Waals surface area (Å²) in [5.41, 5.74) is 7.67. The molecule has 1 N–H and O–H groups in total. The normalized spacial score (nSPS) is 17.2. The summed E-state index contributed by atoms with van der Waals surface area (Å²) < 4.78 is 12.7. The van der Waals surface area contributed by atoms with Gasteiger partial charge in [0.1, 0.15) is 28.3 Å². The summed E-state index contributed by atoms with van der Waals surface area (Å²) in [6.45, 7) is 0. The third-order valence-corrected chi connectivity index (χ3v) is 9.35. The van der Waals surface area contributed by atoms with Gasteiger partial charge in [-0.1, -0.05) is 109 Å². The van der Waals surface area contributed by atoms with E-state index in [1.54, 1.807) is 0 Å². The van der Waals surface area contributed by atoms with Crippen LogP contribution >= 0.6 is 0 Å². The Hall–Kier alpha value is -6.40. The Morgan fingerprint density at radius 1 is 0.583 bits per heavy atom. The van der Waals surface area contributed by atoms with Gasteiger partial charge in [-0.3, -0.25) is 0 Å². The molecule has 6 aromatic carbocycles. The first kappa shape index (κ1) is 26.8. The van der Waals surface area contributed by atoms with Crippen LogP contribution in [-0.4, -0.2) is 11.7 Å².